The van der Waals surface area contributed by atoms with Crippen molar-refractivity contribution in [3.63, 3.8) is 0 Å². The third kappa shape index (κ3) is 1.87. The second kappa shape index (κ2) is 4.97. The number of carbonyl (C=O) groups excluding carboxylic acids is 1. The smallest absolute Gasteiger partial charge is 0.240 e. The van der Waals surface area contributed by atoms with Gasteiger partial charge >= 0.3 is 0 Å². The van der Waals surface area contributed by atoms with Crippen LogP contribution < -0.4 is 5.32 Å². The van der Waals surface area contributed by atoms with Crippen LogP contribution >= 0.6 is 0 Å². The fourth-order valence-corrected chi connectivity index (χ4v) is 4.06. The molecule has 2 heterocycles. The van der Waals surface area contributed by atoms with Crippen molar-refractivity contribution in [2.75, 3.05) is 5.32 Å². The van der Waals surface area contributed by atoms with Crippen molar-refractivity contribution >= 4 is 11.6 Å². The minimum absolute atomic E-state index is 0.00528. The molecule has 1 spiro atoms. The second-order valence-corrected chi connectivity index (χ2v) is 7.55. The van der Waals surface area contributed by atoms with E-state index in [-0.39, 0.29) is 17.5 Å². The number of carbonyl (C=O) groups is 1. The summed E-state index contributed by atoms with van der Waals surface area (Å²) >= 11 is 0. The van der Waals surface area contributed by atoms with E-state index in [0.29, 0.717) is 0 Å². The van der Waals surface area contributed by atoms with Gasteiger partial charge in [-0.1, -0.05) is 48.5 Å². The molecule has 0 radical (unpaired) electrons. The Morgan fingerprint density at radius 2 is 1.67 bits per heavy atom. The monoisotopic (exact) mass is 318 g/mol. The van der Waals surface area contributed by atoms with E-state index in [1.165, 1.54) is 5.56 Å². The molecular formula is C21H22N2O. The number of para-hydroxylation sites is 1. The Bertz CT molecular complexity index is 819. The number of nitrogens with one attached hydrogen (secondary N) is 1. The molecule has 24 heavy (non-hydrogen) atoms. The molecule has 1 amide bonds. The van der Waals surface area contributed by atoms with E-state index in [1.807, 2.05) is 53.6 Å². The van der Waals surface area contributed by atoms with Crippen LogP contribution in [-0.2, 0) is 10.2 Å². The van der Waals surface area contributed by atoms with Gasteiger partial charge in [0, 0.05) is 11.2 Å². The highest BCUT2D eigenvalue weighted by Gasteiger charge is 2.64. The summed E-state index contributed by atoms with van der Waals surface area (Å²) in [5.74, 6) is 0.175. The van der Waals surface area contributed by atoms with Crippen molar-refractivity contribution in [1.82, 2.24) is 4.90 Å². The largest absolute Gasteiger partial charge is 0.362 e. The van der Waals surface area contributed by atoms with E-state index in [4.69, 9.17) is 0 Å². The fraction of sp³-hybridized carbons (Fsp3) is 0.286. The first-order valence-corrected chi connectivity index (χ1v) is 8.39. The topological polar surface area (TPSA) is 32.3 Å². The third-order valence-corrected chi connectivity index (χ3v) is 5.06. The molecular weight excluding hydrogens is 296 g/mol. The summed E-state index contributed by atoms with van der Waals surface area (Å²) in [7, 11) is 0. The molecule has 0 unspecified atom stereocenters. The van der Waals surface area contributed by atoms with Gasteiger partial charge in [-0.3, -0.25) is 4.79 Å². The molecule has 1 fully saturated rings. The maximum Gasteiger partial charge on any atom is 0.240 e. The average Bonchev–Trinajstić information content (AvgIpc) is 2.58. The van der Waals surface area contributed by atoms with Crippen LogP contribution in [0.5, 0.6) is 0 Å². The molecule has 2 aliphatic heterocycles. The molecule has 122 valence electrons. The van der Waals surface area contributed by atoms with Gasteiger partial charge in [0.15, 0.2) is 0 Å². The van der Waals surface area contributed by atoms with Crippen molar-refractivity contribution in [3.05, 3.63) is 78.0 Å². The highest BCUT2D eigenvalue weighted by Crippen LogP contribution is 2.57. The lowest BCUT2D eigenvalue weighted by molar-refractivity contribution is -0.167. The first kappa shape index (κ1) is 15.0. The number of benzene rings is 2. The van der Waals surface area contributed by atoms with E-state index < -0.39 is 5.41 Å². The molecule has 2 aromatic carbocycles. The Hall–Kier alpha value is -2.55. The van der Waals surface area contributed by atoms with Gasteiger partial charge in [0.2, 0.25) is 5.91 Å². The number of rotatable bonds is 1. The van der Waals surface area contributed by atoms with Gasteiger partial charge in [-0.25, -0.2) is 0 Å². The van der Waals surface area contributed by atoms with Crippen LogP contribution in [0.2, 0.25) is 0 Å². The first-order chi connectivity index (χ1) is 11.5. The van der Waals surface area contributed by atoms with Gasteiger partial charge < -0.3 is 10.2 Å². The normalized spacial score (nSPS) is 25.2. The lowest BCUT2D eigenvalue weighted by atomic mass is 9.61. The summed E-state index contributed by atoms with van der Waals surface area (Å²) < 4.78 is 0. The number of hydrogen-bond donors (Lipinski definition) is 1. The number of fused-ring (bicyclic) bond motifs is 2. The van der Waals surface area contributed by atoms with Crippen molar-refractivity contribution < 1.29 is 4.79 Å². The Labute approximate surface area is 143 Å². The number of nitrogens with zero attached hydrogens (tertiary/aromatic N) is 1. The quantitative estimate of drug-likeness (QED) is 0.797. The zero-order chi connectivity index (χ0) is 16.9. The highest BCUT2D eigenvalue weighted by molar-refractivity contribution is 6.01. The van der Waals surface area contributed by atoms with Gasteiger partial charge in [-0.05, 0) is 50.2 Å². The van der Waals surface area contributed by atoms with Crippen LogP contribution in [0.15, 0.2) is 66.9 Å². The SMILES string of the molecule is CC(C)(C)N1C(=O)[C@@]2(C=CNc3ccccc32)[C@H]1c1ccccc1. The Morgan fingerprint density at radius 3 is 2.38 bits per heavy atom. The molecule has 0 aliphatic carbocycles. The molecule has 1 N–H and O–H groups in total. The van der Waals surface area contributed by atoms with Gasteiger partial charge in [0.25, 0.3) is 0 Å². The third-order valence-electron chi connectivity index (χ3n) is 5.06. The van der Waals surface area contributed by atoms with Gasteiger partial charge in [0.05, 0.1) is 6.04 Å². The molecule has 2 atom stereocenters. The van der Waals surface area contributed by atoms with Crippen molar-refractivity contribution in [2.45, 2.75) is 37.8 Å². The van der Waals surface area contributed by atoms with E-state index in [2.05, 4.69) is 44.3 Å². The zero-order valence-electron chi connectivity index (χ0n) is 14.3. The summed E-state index contributed by atoms with van der Waals surface area (Å²) in [6.07, 6.45) is 3.95. The minimum atomic E-state index is -0.615. The summed E-state index contributed by atoms with van der Waals surface area (Å²) in [4.78, 5) is 15.4. The molecule has 4 rings (SSSR count). The van der Waals surface area contributed by atoms with Crippen LogP contribution in [0.4, 0.5) is 5.69 Å². The van der Waals surface area contributed by atoms with Crippen molar-refractivity contribution in [3.8, 4) is 0 Å². The molecule has 0 saturated carbocycles. The summed E-state index contributed by atoms with van der Waals surface area (Å²) in [6, 6.07) is 18.5. The average molecular weight is 318 g/mol. The molecule has 2 aromatic rings. The Balaban J connectivity index is 1.93. The molecule has 2 aliphatic rings. The summed E-state index contributed by atoms with van der Waals surface area (Å²) in [5, 5.41) is 3.28. The van der Waals surface area contributed by atoms with Gasteiger partial charge in [-0.2, -0.15) is 0 Å². The first-order valence-electron chi connectivity index (χ1n) is 8.39. The lowest BCUT2D eigenvalue weighted by Gasteiger charge is -2.61. The van der Waals surface area contributed by atoms with Crippen LogP contribution in [0.3, 0.4) is 0 Å². The molecule has 1 saturated heterocycles. The standard InChI is InChI=1S/C21H22N2O/c1-20(2,3)23-18(15-9-5-4-6-10-15)21(19(23)24)13-14-22-17-12-8-7-11-16(17)21/h4-14,18,22H,1-3H3/t18-,21-/m1/s1. The van der Waals surface area contributed by atoms with E-state index in [0.717, 1.165) is 11.3 Å². The van der Waals surface area contributed by atoms with Crippen LogP contribution in [0.1, 0.15) is 37.9 Å². The van der Waals surface area contributed by atoms with Crippen LogP contribution in [0, 0.1) is 0 Å². The van der Waals surface area contributed by atoms with E-state index in [1.54, 1.807) is 0 Å². The molecule has 0 aromatic heterocycles. The van der Waals surface area contributed by atoms with Crippen LogP contribution in [-0.4, -0.2) is 16.3 Å². The maximum atomic E-state index is 13.4. The summed E-state index contributed by atoms with van der Waals surface area (Å²) in [5.41, 5.74) is 2.41. The van der Waals surface area contributed by atoms with Gasteiger partial charge in [-0.15, -0.1) is 0 Å². The number of amides is 1. The number of β-lactam (4-membered cyclic amide) rings is 1. The minimum Gasteiger partial charge on any atom is -0.362 e. The van der Waals surface area contributed by atoms with E-state index >= 15 is 0 Å². The zero-order valence-corrected chi connectivity index (χ0v) is 14.3. The van der Waals surface area contributed by atoms with Crippen LogP contribution in [0.25, 0.3) is 0 Å². The highest BCUT2D eigenvalue weighted by atomic mass is 16.2. The van der Waals surface area contributed by atoms with Crippen molar-refractivity contribution in [2.24, 2.45) is 0 Å². The number of hydrogen-bond acceptors (Lipinski definition) is 2. The predicted molar refractivity (Wildman–Crippen MR) is 96.7 cm³/mol. The fourth-order valence-electron chi connectivity index (χ4n) is 4.06. The lowest BCUT2D eigenvalue weighted by Crippen LogP contribution is -2.70. The Kier molecular flexibility index (Phi) is 3.11. The molecule has 3 nitrogen and oxygen atoms in total. The second-order valence-electron chi connectivity index (χ2n) is 7.55. The Morgan fingerprint density at radius 1 is 1.00 bits per heavy atom. The number of anilines is 1. The van der Waals surface area contributed by atoms with Crippen molar-refractivity contribution in [1.29, 1.82) is 0 Å². The predicted octanol–water partition coefficient (Wildman–Crippen LogP) is 4.25. The van der Waals surface area contributed by atoms with E-state index in [9.17, 15) is 4.79 Å². The number of likely N-dealkylation sites (tertiary alicyclic amines) is 1. The molecule has 0 bridgehead atoms. The van der Waals surface area contributed by atoms with Gasteiger partial charge in [0.1, 0.15) is 5.41 Å². The molecule has 3 heteroatoms. The maximum absolute atomic E-state index is 13.4. The summed E-state index contributed by atoms with van der Waals surface area (Å²) in [6.45, 7) is 6.30.